The van der Waals surface area contributed by atoms with Crippen LogP contribution in [0.25, 0.3) is 0 Å². The van der Waals surface area contributed by atoms with Crippen molar-refractivity contribution in [2.24, 2.45) is 22.7 Å². The first-order chi connectivity index (χ1) is 7.91. The molecule has 0 spiro atoms. The van der Waals surface area contributed by atoms with Crippen LogP contribution in [0.3, 0.4) is 0 Å². The molecule has 0 heterocycles. The van der Waals surface area contributed by atoms with Gasteiger partial charge in [-0.05, 0) is 17.3 Å². The summed E-state index contributed by atoms with van der Waals surface area (Å²) in [5.74, 6) is 1.11. The van der Waals surface area contributed by atoms with Gasteiger partial charge in [0.1, 0.15) is 0 Å². The molecule has 0 aliphatic heterocycles. The molecule has 0 radical (unpaired) electrons. The molecule has 0 aromatic heterocycles. The first kappa shape index (κ1) is 17.9. The van der Waals surface area contributed by atoms with Crippen molar-refractivity contribution in [3.8, 4) is 0 Å². The second-order valence-electron chi connectivity index (χ2n) is 7.96. The van der Waals surface area contributed by atoms with E-state index in [1.165, 1.54) is 0 Å². The molecular formula is C16H34O2. The lowest BCUT2D eigenvalue weighted by atomic mass is 9.77. The van der Waals surface area contributed by atoms with Crippen molar-refractivity contribution in [1.29, 1.82) is 0 Å². The lowest BCUT2D eigenvalue weighted by molar-refractivity contribution is -0.236. The predicted molar refractivity (Wildman–Crippen MR) is 78.6 cm³/mol. The molecule has 0 saturated carbocycles. The Labute approximate surface area is 114 Å². The highest BCUT2D eigenvalue weighted by molar-refractivity contribution is 4.83. The number of rotatable bonds is 5. The summed E-state index contributed by atoms with van der Waals surface area (Å²) in [7, 11) is 1.73. The van der Waals surface area contributed by atoms with Crippen LogP contribution in [-0.4, -0.2) is 19.5 Å². The summed E-state index contributed by atoms with van der Waals surface area (Å²) in [6, 6.07) is 0. The van der Waals surface area contributed by atoms with Gasteiger partial charge in [0.05, 0.1) is 6.10 Å². The fourth-order valence-electron chi connectivity index (χ4n) is 2.21. The van der Waals surface area contributed by atoms with Gasteiger partial charge in [-0.2, -0.15) is 0 Å². The molecule has 0 saturated heterocycles. The number of hydrogen-bond acceptors (Lipinski definition) is 2. The Balaban J connectivity index is 5.01. The Kier molecular flexibility index (Phi) is 6.35. The van der Waals surface area contributed by atoms with Crippen LogP contribution in [0.15, 0.2) is 0 Å². The molecule has 0 N–H and O–H groups in total. The highest BCUT2D eigenvalue weighted by Crippen LogP contribution is 2.36. The van der Waals surface area contributed by atoms with E-state index in [0.717, 1.165) is 0 Å². The van der Waals surface area contributed by atoms with Gasteiger partial charge in [0.25, 0.3) is 0 Å². The third-order valence-corrected chi connectivity index (χ3v) is 3.57. The summed E-state index contributed by atoms with van der Waals surface area (Å²) in [5.41, 5.74) is 0.112. The van der Waals surface area contributed by atoms with Crippen LogP contribution >= 0.6 is 0 Å². The van der Waals surface area contributed by atoms with Crippen LogP contribution in [-0.2, 0) is 9.47 Å². The first-order valence-corrected chi connectivity index (χ1v) is 7.09. The molecule has 3 atom stereocenters. The average Bonchev–Trinajstić information content (AvgIpc) is 2.13. The maximum absolute atomic E-state index is 6.33. The van der Waals surface area contributed by atoms with Gasteiger partial charge >= 0.3 is 0 Å². The largest absolute Gasteiger partial charge is 0.355 e. The summed E-state index contributed by atoms with van der Waals surface area (Å²) in [4.78, 5) is 0. The summed E-state index contributed by atoms with van der Waals surface area (Å²) >= 11 is 0. The summed E-state index contributed by atoms with van der Waals surface area (Å²) in [6.45, 7) is 20.0. The molecule has 0 aromatic carbocycles. The number of methoxy groups -OCH3 is 1. The third-order valence-electron chi connectivity index (χ3n) is 3.57. The van der Waals surface area contributed by atoms with E-state index >= 15 is 0 Å². The Morgan fingerprint density at radius 3 is 1.44 bits per heavy atom. The van der Waals surface area contributed by atoms with Gasteiger partial charge < -0.3 is 9.47 Å². The molecule has 18 heavy (non-hydrogen) atoms. The van der Waals surface area contributed by atoms with Gasteiger partial charge in [-0.3, -0.25) is 0 Å². The Hall–Kier alpha value is -0.0800. The first-order valence-electron chi connectivity index (χ1n) is 7.09. The van der Waals surface area contributed by atoms with Gasteiger partial charge in [-0.1, -0.05) is 62.3 Å². The van der Waals surface area contributed by atoms with Crippen LogP contribution < -0.4 is 0 Å². The van der Waals surface area contributed by atoms with E-state index in [2.05, 4.69) is 62.3 Å². The van der Waals surface area contributed by atoms with Crippen LogP contribution in [0, 0.1) is 22.7 Å². The minimum Gasteiger partial charge on any atom is -0.355 e. The van der Waals surface area contributed by atoms with Crippen molar-refractivity contribution in [3.63, 3.8) is 0 Å². The van der Waals surface area contributed by atoms with E-state index < -0.39 is 0 Å². The standard InChI is InChI=1S/C16H34O2/c1-11(2)12(3)13(15(4,5)6)18-14(17-10)16(7,8)9/h11-14H,1-10H3. The van der Waals surface area contributed by atoms with Gasteiger partial charge in [0, 0.05) is 12.5 Å². The molecule has 0 bridgehead atoms. The lowest BCUT2D eigenvalue weighted by Gasteiger charge is -2.42. The van der Waals surface area contributed by atoms with Crippen molar-refractivity contribution >= 4 is 0 Å². The van der Waals surface area contributed by atoms with Gasteiger partial charge in [0.2, 0.25) is 0 Å². The SMILES string of the molecule is COC(OC(C(C)C(C)C)C(C)(C)C)C(C)(C)C. The Bertz CT molecular complexity index is 232. The fourth-order valence-corrected chi connectivity index (χ4v) is 2.21. The monoisotopic (exact) mass is 258 g/mol. The quantitative estimate of drug-likeness (QED) is 0.664. The second kappa shape index (κ2) is 6.38. The van der Waals surface area contributed by atoms with Crippen molar-refractivity contribution in [2.45, 2.75) is 74.7 Å². The molecule has 0 aromatic rings. The van der Waals surface area contributed by atoms with E-state index in [1.54, 1.807) is 7.11 Å². The minimum absolute atomic E-state index is 0.00501. The smallest absolute Gasteiger partial charge is 0.162 e. The molecule has 3 unspecified atom stereocenters. The summed E-state index contributed by atoms with van der Waals surface area (Å²) in [6.07, 6.45) is 0.0320. The molecule has 2 nitrogen and oxygen atoms in total. The van der Waals surface area contributed by atoms with Gasteiger partial charge in [-0.25, -0.2) is 0 Å². The van der Waals surface area contributed by atoms with Crippen molar-refractivity contribution in [1.82, 2.24) is 0 Å². The summed E-state index contributed by atoms with van der Waals surface area (Å²) < 4.78 is 11.9. The maximum Gasteiger partial charge on any atom is 0.162 e. The van der Waals surface area contributed by atoms with Crippen LogP contribution in [0.2, 0.25) is 0 Å². The van der Waals surface area contributed by atoms with E-state index in [4.69, 9.17) is 9.47 Å². The molecule has 110 valence electrons. The van der Waals surface area contributed by atoms with Crippen molar-refractivity contribution in [2.75, 3.05) is 7.11 Å². The second-order valence-corrected chi connectivity index (χ2v) is 7.96. The molecule has 0 amide bonds. The third kappa shape index (κ3) is 5.27. The van der Waals surface area contributed by atoms with E-state index in [9.17, 15) is 0 Å². The highest BCUT2D eigenvalue weighted by Gasteiger charge is 2.37. The molecule has 0 aliphatic rings. The molecule has 0 rings (SSSR count). The molecule has 0 aliphatic carbocycles. The lowest BCUT2D eigenvalue weighted by Crippen LogP contribution is -2.44. The van der Waals surface area contributed by atoms with Crippen LogP contribution in [0.1, 0.15) is 62.3 Å². The van der Waals surface area contributed by atoms with Crippen LogP contribution in [0.5, 0.6) is 0 Å². The van der Waals surface area contributed by atoms with Crippen molar-refractivity contribution in [3.05, 3.63) is 0 Å². The summed E-state index contributed by atoms with van der Waals surface area (Å²) in [5, 5.41) is 0. The average molecular weight is 258 g/mol. The zero-order valence-electron chi connectivity index (χ0n) is 14.1. The van der Waals surface area contributed by atoms with Crippen molar-refractivity contribution < 1.29 is 9.47 Å². The predicted octanol–water partition coefficient (Wildman–Crippen LogP) is 4.73. The fraction of sp³-hybridized carbons (Fsp3) is 1.00. The molecular weight excluding hydrogens is 224 g/mol. The Morgan fingerprint density at radius 1 is 0.778 bits per heavy atom. The molecule has 2 heteroatoms. The maximum atomic E-state index is 6.33. The topological polar surface area (TPSA) is 18.5 Å². The van der Waals surface area contributed by atoms with E-state index in [-0.39, 0.29) is 23.2 Å². The highest BCUT2D eigenvalue weighted by atomic mass is 16.7. The van der Waals surface area contributed by atoms with Gasteiger partial charge in [-0.15, -0.1) is 0 Å². The zero-order chi connectivity index (χ0) is 14.7. The van der Waals surface area contributed by atoms with E-state index in [0.29, 0.717) is 11.8 Å². The van der Waals surface area contributed by atoms with Crippen LogP contribution in [0.4, 0.5) is 0 Å². The number of ether oxygens (including phenoxy) is 2. The normalized spacial score (nSPS) is 18.8. The minimum atomic E-state index is -0.164. The number of hydrogen-bond donors (Lipinski definition) is 0. The zero-order valence-corrected chi connectivity index (χ0v) is 14.1. The van der Waals surface area contributed by atoms with E-state index in [1.807, 2.05) is 0 Å². The molecule has 0 fully saturated rings. The Morgan fingerprint density at radius 2 is 1.22 bits per heavy atom. The van der Waals surface area contributed by atoms with Gasteiger partial charge in [0.15, 0.2) is 6.29 Å².